The van der Waals surface area contributed by atoms with Crippen LogP contribution in [0.15, 0.2) is 66.2 Å². The van der Waals surface area contributed by atoms with Crippen LogP contribution in [0.4, 0.5) is 0 Å². The van der Waals surface area contributed by atoms with Crippen molar-refractivity contribution < 1.29 is 9.53 Å². The zero-order chi connectivity index (χ0) is 20.1. The van der Waals surface area contributed by atoms with E-state index in [0.29, 0.717) is 0 Å². The van der Waals surface area contributed by atoms with Crippen molar-refractivity contribution in [1.29, 1.82) is 0 Å². The van der Waals surface area contributed by atoms with Crippen LogP contribution in [-0.2, 0) is 16.0 Å². The number of hydrogen-bond acceptors (Lipinski definition) is 3. The predicted molar refractivity (Wildman–Crippen MR) is 117 cm³/mol. The third-order valence-electron chi connectivity index (χ3n) is 5.91. The van der Waals surface area contributed by atoms with Gasteiger partial charge in [-0.1, -0.05) is 60.7 Å². The summed E-state index contributed by atoms with van der Waals surface area (Å²) in [5.41, 5.74) is 5.00. The van der Waals surface area contributed by atoms with Gasteiger partial charge in [0, 0.05) is 33.2 Å². The van der Waals surface area contributed by atoms with Gasteiger partial charge in [-0.2, -0.15) is 0 Å². The Bertz CT molecular complexity index is 845. The second-order valence-corrected chi connectivity index (χ2v) is 8.16. The highest BCUT2D eigenvalue weighted by Gasteiger charge is 2.29. The van der Waals surface area contributed by atoms with Crippen molar-refractivity contribution in [1.82, 2.24) is 9.80 Å². The summed E-state index contributed by atoms with van der Waals surface area (Å²) in [6, 6.07) is 19.1. The molecular formula is C25H30N2O2. The molecule has 1 unspecified atom stereocenters. The summed E-state index contributed by atoms with van der Waals surface area (Å²) in [5, 5.41) is 0. The summed E-state index contributed by atoms with van der Waals surface area (Å²) in [5.74, 6) is 0.253. The highest BCUT2D eigenvalue weighted by atomic mass is 16.5. The maximum absolute atomic E-state index is 12.9. The van der Waals surface area contributed by atoms with E-state index in [9.17, 15) is 4.79 Å². The number of benzene rings is 2. The van der Waals surface area contributed by atoms with Crippen LogP contribution in [0.1, 0.15) is 12.0 Å². The molecule has 0 aromatic heterocycles. The van der Waals surface area contributed by atoms with Crippen LogP contribution in [0.5, 0.6) is 0 Å². The Balaban J connectivity index is 1.44. The maximum Gasteiger partial charge on any atom is 0.227 e. The largest absolute Gasteiger partial charge is 0.377 e. The fourth-order valence-electron chi connectivity index (χ4n) is 4.24. The highest BCUT2D eigenvalue weighted by Crippen LogP contribution is 2.22. The number of likely N-dealkylation sites (N-methyl/N-ethyl adjacent to an activating group) is 1. The molecule has 1 fully saturated rings. The summed E-state index contributed by atoms with van der Waals surface area (Å²) in [6.45, 7) is 4.98. The van der Waals surface area contributed by atoms with Gasteiger partial charge in [0.05, 0.1) is 19.1 Å². The standard InChI is InChI=1S/C25H30N2O2/c1-26-13-14-27(17-21-6-5-15-29-19-21)18-24(25(26)28)16-20-9-11-23(12-10-20)22-7-3-2-4-8-22/h2-4,6-12,24H,5,13-19H2,1H3. The number of rotatable bonds is 5. The van der Waals surface area contributed by atoms with E-state index in [4.69, 9.17) is 4.74 Å². The Hall–Kier alpha value is -2.43. The van der Waals surface area contributed by atoms with Gasteiger partial charge in [-0.15, -0.1) is 0 Å². The Morgan fingerprint density at radius 3 is 2.48 bits per heavy atom. The lowest BCUT2D eigenvalue weighted by Crippen LogP contribution is -2.35. The van der Waals surface area contributed by atoms with Crippen LogP contribution in [0.25, 0.3) is 11.1 Å². The average Bonchev–Trinajstić information content (AvgIpc) is 2.90. The molecule has 0 saturated carbocycles. The normalized spacial score (nSPS) is 21.0. The molecule has 2 aromatic rings. The van der Waals surface area contributed by atoms with Crippen LogP contribution in [0.2, 0.25) is 0 Å². The van der Waals surface area contributed by atoms with E-state index in [-0.39, 0.29) is 11.8 Å². The third kappa shape index (κ3) is 5.14. The molecule has 4 nitrogen and oxygen atoms in total. The van der Waals surface area contributed by atoms with Gasteiger partial charge in [0.15, 0.2) is 0 Å². The zero-order valence-electron chi connectivity index (χ0n) is 17.2. The third-order valence-corrected chi connectivity index (χ3v) is 5.91. The fraction of sp³-hybridized carbons (Fsp3) is 0.400. The molecule has 2 aliphatic heterocycles. The van der Waals surface area contributed by atoms with E-state index >= 15 is 0 Å². The van der Waals surface area contributed by atoms with Crippen LogP contribution in [-0.4, -0.2) is 62.1 Å². The van der Waals surface area contributed by atoms with Gasteiger partial charge in [-0.05, 0) is 35.1 Å². The molecule has 4 rings (SSSR count). The number of carbonyl (C=O) groups excluding carboxylic acids is 1. The molecule has 4 heteroatoms. The molecule has 152 valence electrons. The summed E-state index contributed by atoms with van der Waals surface area (Å²) in [7, 11) is 1.93. The SMILES string of the molecule is CN1CCN(CC2=CCCOC2)CC(Cc2ccc(-c3ccccc3)cc2)C1=O. The Kier molecular flexibility index (Phi) is 6.43. The van der Waals surface area contributed by atoms with E-state index in [0.717, 1.165) is 52.2 Å². The van der Waals surface area contributed by atoms with E-state index in [2.05, 4.69) is 59.5 Å². The second kappa shape index (κ2) is 9.38. The summed E-state index contributed by atoms with van der Waals surface area (Å²) in [4.78, 5) is 17.3. The Labute approximate surface area is 173 Å². The minimum absolute atomic E-state index is 0.00446. The minimum Gasteiger partial charge on any atom is -0.377 e. The lowest BCUT2D eigenvalue weighted by Gasteiger charge is -2.25. The molecule has 0 radical (unpaired) electrons. The van der Waals surface area contributed by atoms with E-state index in [1.807, 2.05) is 18.0 Å². The van der Waals surface area contributed by atoms with Crippen LogP contribution < -0.4 is 0 Å². The number of ether oxygens (including phenoxy) is 1. The highest BCUT2D eigenvalue weighted by molar-refractivity contribution is 5.79. The monoisotopic (exact) mass is 390 g/mol. The van der Waals surface area contributed by atoms with Crippen molar-refractivity contribution in [2.45, 2.75) is 12.8 Å². The quantitative estimate of drug-likeness (QED) is 0.731. The molecule has 1 saturated heterocycles. The molecule has 2 aromatic carbocycles. The number of nitrogens with zero attached hydrogens (tertiary/aromatic N) is 2. The molecular weight excluding hydrogens is 360 g/mol. The van der Waals surface area contributed by atoms with Gasteiger partial charge in [0.2, 0.25) is 5.91 Å². The molecule has 0 aliphatic carbocycles. The van der Waals surface area contributed by atoms with Crippen molar-refractivity contribution in [2.24, 2.45) is 5.92 Å². The average molecular weight is 391 g/mol. The first-order chi connectivity index (χ1) is 14.2. The van der Waals surface area contributed by atoms with Gasteiger partial charge < -0.3 is 9.64 Å². The number of hydrogen-bond donors (Lipinski definition) is 0. The first-order valence-electron chi connectivity index (χ1n) is 10.6. The molecule has 0 bridgehead atoms. The minimum atomic E-state index is -0.00446. The maximum atomic E-state index is 12.9. The molecule has 2 aliphatic rings. The Morgan fingerprint density at radius 2 is 1.76 bits per heavy atom. The van der Waals surface area contributed by atoms with Gasteiger partial charge in [-0.25, -0.2) is 0 Å². The first-order valence-corrected chi connectivity index (χ1v) is 10.6. The summed E-state index contributed by atoms with van der Waals surface area (Å²) >= 11 is 0. The molecule has 0 N–H and O–H groups in total. The fourth-order valence-corrected chi connectivity index (χ4v) is 4.24. The number of carbonyl (C=O) groups is 1. The Morgan fingerprint density at radius 1 is 1.00 bits per heavy atom. The van der Waals surface area contributed by atoms with Crippen molar-refractivity contribution in [2.75, 3.05) is 46.4 Å². The van der Waals surface area contributed by atoms with Gasteiger partial charge in [0.1, 0.15) is 0 Å². The van der Waals surface area contributed by atoms with Crippen LogP contribution in [0, 0.1) is 5.92 Å². The lowest BCUT2D eigenvalue weighted by atomic mass is 9.95. The van der Waals surface area contributed by atoms with Crippen molar-refractivity contribution >= 4 is 5.91 Å². The summed E-state index contributed by atoms with van der Waals surface area (Å²) < 4.78 is 5.59. The van der Waals surface area contributed by atoms with E-state index < -0.39 is 0 Å². The molecule has 29 heavy (non-hydrogen) atoms. The van der Waals surface area contributed by atoms with Crippen LogP contribution in [0.3, 0.4) is 0 Å². The van der Waals surface area contributed by atoms with Crippen LogP contribution >= 0.6 is 0 Å². The molecule has 1 amide bonds. The first kappa shape index (κ1) is 19.9. The molecule has 0 spiro atoms. The topological polar surface area (TPSA) is 32.8 Å². The van der Waals surface area contributed by atoms with E-state index in [1.165, 1.54) is 22.3 Å². The predicted octanol–water partition coefficient (Wildman–Crippen LogP) is 3.63. The van der Waals surface area contributed by atoms with Gasteiger partial charge in [0.25, 0.3) is 0 Å². The van der Waals surface area contributed by atoms with Crippen molar-refractivity contribution in [3.8, 4) is 11.1 Å². The van der Waals surface area contributed by atoms with Gasteiger partial charge >= 0.3 is 0 Å². The van der Waals surface area contributed by atoms with Crippen molar-refractivity contribution in [3.05, 3.63) is 71.8 Å². The number of amides is 1. The zero-order valence-corrected chi connectivity index (χ0v) is 17.2. The van der Waals surface area contributed by atoms with E-state index in [1.54, 1.807) is 0 Å². The lowest BCUT2D eigenvalue weighted by molar-refractivity contribution is -0.133. The summed E-state index contributed by atoms with van der Waals surface area (Å²) in [6.07, 6.45) is 4.08. The smallest absolute Gasteiger partial charge is 0.227 e. The van der Waals surface area contributed by atoms with Crippen molar-refractivity contribution in [3.63, 3.8) is 0 Å². The second-order valence-electron chi connectivity index (χ2n) is 8.16. The molecule has 1 atom stereocenters. The molecule has 2 heterocycles. The van der Waals surface area contributed by atoms with Gasteiger partial charge in [-0.3, -0.25) is 9.69 Å².